The maximum Gasteiger partial charge on any atom is 0.260 e. The molecule has 0 bridgehead atoms. The molecule has 1 saturated heterocycles. The minimum Gasteiger partial charge on any atom is -0.484 e. The van der Waals surface area contributed by atoms with Crippen molar-refractivity contribution in [3.05, 3.63) is 29.6 Å². The number of hydrogen-bond acceptors (Lipinski definition) is 6. The van der Waals surface area contributed by atoms with Crippen molar-refractivity contribution in [2.45, 2.75) is 0 Å². The third kappa shape index (κ3) is 3.55. The monoisotopic (exact) mass is 319 g/mol. The molecule has 1 aromatic carbocycles. The fourth-order valence-corrected chi connectivity index (χ4v) is 2.76. The predicted molar refractivity (Wildman–Crippen MR) is 84.9 cm³/mol. The summed E-state index contributed by atoms with van der Waals surface area (Å²) in [6.45, 7) is 2.50. The summed E-state index contributed by atoms with van der Waals surface area (Å²) in [6.07, 6.45) is 0. The lowest BCUT2D eigenvalue weighted by Crippen LogP contribution is -2.42. The van der Waals surface area contributed by atoms with E-state index in [1.807, 2.05) is 29.6 Å². The highest BCUT2D eigenvalue weighted by Crippen LogP contribution is 2.25. The number of carbonyl (C=O) groups excluding carboxylic acids is 1. The Hall–Kier alpha value is -2.12. The van der Waals surface area contributed by atoms with Crippen molar-refractivity contribution >= 4 is 22.4 Å². The highest BCUT2D eigenvalue weighted by Gasteiger charge is 2.17. The van der Waals surface area contributed by atoms with Crippen LogP contribution < -0.4 is 10.5 Å². The van der Waals surface area contributed by atoms with Gasteiger partial charge >= 0.3 is 0 Å². The summed E-state index contributed by atoms with van der Waals surface area (Å²) < 4.78 is 10.8. The van der Waals surface area contributed by atoms with Gasteiger partial charge in [0.05, 0.1) is 18.9 Å². The van der Waals surface area contributed by atoms with Crippen molar-refractivity contribution in [1.29, 1.82) is 0 Å². The zero-order valence-electron chi connectivity index (χ0n) is 12.0. The highest BCUT2D eigenvalue weighted by molar-refractivity contribution is 7.13. The lowest BCUT2D eigenvalue weighted by atomic mass is 10.2. The quantitative estimate of drug-likeness (QED) is 0.927. The Morgan fingerprint density at radius 3 is 2.68 bits per heavy atom. The summed E-state index contributed by atoms with van der Waals surface area (Å²) in [5.74, 6) is 0.646. The fraction of sp³-hybridized carbons (Fsp3) is 0.333. The summed E-state index contributed by atoms with van der Waals surface area (Å²) in [6, 6.07) is 7.47. The van der Waals surface area contributed by atoms with Gasteiger partial charge in [0.2, 0.25) is 0 Å². The van der Waals surface area contributed by atoms with Gasteiger partial charge in [0, 0.05) is 24.0 Å². The zero-order chi connectivity index (χ0) is 15.4. The van der Waals surface area contributed by atoms with Gasteiger partial charge in [-0.05, 0) is 24.3 Å². The molecule has 1 fully saturated rings. The van der Waals surface area contributed by atoms with Crippen LogP contribution in [0.2, 0.25) is 0 Å². The SMILES string of the molecule is Nc1nc(-c2ccc(OCC(=O)N3CCOCC3)cc2)cs1. The molecule has 1 aromatic heterocycles. The second-order valence-electron chi connectivity index (χ2n) is 4.88. The number of hydrogen-bond donors (Lipinski definition) is 1. The van der Waals surface area contributed by atoms with Gasteiger partial charge in [-0.25, -0.2) is 4.98 Å². The van der Waals surface area contributed by atoms with E-state index in [9.17, 15) is 4.79 Å². The number of benzene rings is 1. The second-order valence-corrected chi connectivity index (χ2v) is 5.77. The number of aromatic nitrogens is 1. The van der Waals surface area contributed by atoms with E-state index in [2.05, 4.69) is 4.98 Å². The van der Waals surface area contributed by atoms with Gasteiger partial charge in [0.25, 0.3) is 5.91 Å². The van der Waals surface area contributed by atoms with Gasteiger partial charge in [-0.15, -0.1) is 11.3 Å². The first kappa shape index (κ1) is 14.8. The Labute approximate surface area is 132 Å². The average Bonchev–Trinajstić information content (AvgIpc) is 3.00. The van der Waals surface area contributed by atoms with E-state index < -0.39 is 0 Å². The maximum absolute atomic E-state index is 12.0. The van der Waals surface area contributed by atoms with Gasteiger partial charge < -0.3 is 20.1 Å². The normalized spacial score (nSPS) is 14.8. The fourth-order valence-electron chi connectivity index (χ4n) is 2.19. The van der Waals surface area contributed by atoms with Crippen LogP contribution in [0.15, 0.2) is 29.6 Å². The van der Waals surface area contributed by atoms with E-state index in [0.29, 0.717) is 37.2 Å². The molecule has 0 radical (unpaired) electrons. The van der Waals surface area contributed by atoms with Crippen LogP contribution in [0.3, 0.4) is 0 Å². The number of carbonyl (C=O) groups is 1. The molecule has 0 saturated carbocycles. The van der Waals surface area contributed by atoms with Crippen molar-refractivity contribution in [3.8, 4) is 17.0 Å². The van der Waals surface area contributed by atoms with Crippen LogP contribution in [0, 0.1) is 0 Å². The van der Waals surface area contributed by atoms with Gasteiger partial charge in [-0.1, -0.05) is 0 Å². The molecule has 22 heavy (non-hydrogen) atoms. The van der Waals surface area contributed by atoms with Crippen LogP contribution in [-0.2, 0) is 9.53 Å². The maximum atomic E-state index is 12.0. The molecule has 1 aliphatic heterocycles. The Bertz CT molecular complexity index is 636. The van der Waals surface area contributed by atoms with Crippen LogP contribution in [-0.4, -0.2) is 48.7 Å². The number of rotatable bonds is 4. The molecule has 7 heteroatoms. The van der Waals surface area contributed by atoms with Crippen molar-refractivity contribution in [2.75, 3.05) is 38.6 Å². The molecule has 0 atom stereocenters. The second kappa shape index (κ2) is 6.76. The van der Waals surface area contributed by atoms with Gasteiger partial charge in [0.15, 0.2) is 11.7 Å². The van der Waals surface area contributed by atoms with Crippen molar-refractivity contribution < 1.29 is 14.3 Å². The first-order chi connectivity index (χ1) is 10.7. The van der Waals surface area contributed by atoms with Gasteiger partial charge in [-0.2, -0.15) is 0 Å². The molecular weight excluding hydrogens is 302 g/mol. The third-order valence-corrected chi connectivity index (χ3v) is 4.07. The summed E-state index contributed by atoms with van der Waals surface area (Å²) in [7, 11) is 0. The van der Waals surface area contributed by atoms with Gasteiger partial charge in [0.1, 0.15) is 5.75 Å². The molecule has 0 aliphatic carbocycles. The zero-order valence-corrected chi connectivity index (χ0v) is 12.8. The molecule has 2 aromatic rings. The van der Waals surface area contributed by atoms with Crippen LogP contribution in [0.25, 0.3) is 11.3 Å². The van der Waals surface area contributed by atoms with Crippen LogP contribution in [0.4, 0.5) is 5.13 Å². The van der Waals surface area contributed by atoms with E-state index in [1.54, 1.807) is 4.90 Å². The largest absolute Gasteiger partial charge is 0.484 e. The topological polar surface area (TPSA) is 77.7 Å². The minimum absolute atomic E-state index is 0.0142. The standard InChI is InChI=1S/C15H17N3O3S/c16-15-17-13(10-22-15)11-1-3-12(4-2-11)21-9-14(19)18-5-7-20-8-6-18/h1-4,10H,5-9H2,(H2,16,17). The number of nitrogen functional groups attached to an aromatic ring is 1. The van der Waals surface area contributed by atoms with Gasteiger partial charge in [-0.3, -0.25) is 4.79 Å². The molecule has 2 heterocycles. The average molecular weight is 319 g/mol. The number of ether oxygens (including phenoxy) is 2. The Morgan fingerprint density at radius 2 is 2.05 bits per heavy atom. The summed E-state index contributed by atoms with van der Waals surface area (Å²) in [5, 5.41) is 2.46. The molecule has 116 valence electrons. The van der Waals surface area contributed by atoms with Crippen LogP contribution >= 0.6 is 11.3 Å². The van der Waals surface area contributed by atoms with E-state index in [0.717, 1.165) is 11.3 Å². The third-order valence-electron chi connectivity index (χ3n) is 3.40. The first-order valence-electron chi connectivity index (χ1n) is 7.02. The predicted octanol–water partition coefficient (Wildman–Crippen LogP) is 1.63. The van der Waals surface area contributed by atoms with E-state index in [1.165, 1.54) is 11.3 Å². The minimum atomic E-state index is -0.0142. The number of nitrogens with zero attached hydrogens (tertiary/aromatic N) is 2. The Morgan fingerprint density at radius 1 is 1.32 bits per heavy atom. The Kier molecular flexibility index (Phi) is 4.55. The van der Waals surface area contributed by atoms with Crippen LogP contribution in [0.1, 0.15) is 0 Å². The van der Waals surface area contributed by atoms with E-state index in [-0.39, 0.29) is 12.5 Å². The molecular formula is C15H17N3O3S. The highest BCUT2D eigenvalue weighted by atomic mass is 32.1. The molecule has 1 amide bonds. The molecule has 0 unspecified atom stereocenters. The lowest BCUT2D eigenvalue weighted by molar-refractivity contribution is -0.137. The number of thiazole rings is 1. The molecule has 3 rings (SSSR count). The summed E-state index contributed by atoms with van der Waals surface area (Å²) in [5.41, 5.74) is 7.45. The molecule has 2 N–H and O–H groups in total. The molecule has 6 nitrogen and oxygen atoms in total. The van der Waals surface area contributed by atoms with Crippen LogP contribution in [0.5, 0.6) is 5.75 Å². The van der Waals surface area contributed by atoms with Crippen molar-refractivity contribution in [2.24, 2.45) is 0 Å². The summed E-state index contributed by atoms with van der Waals surface area (Å²) in [4.78, 5) is 18.0. The number of morpholine rings is 1. The Balaban J connectivity index is 1.56. The van der Waals surface area contributed by atoms with E-state index in [4.69, 9.17) is 15.2 Å². The number of nitrogens with two attached hydrogens (primary N) is 1. The molecule has 1 aliphatic rings. The van der Waals surface area contributed by atoms with Crippen molar-refractivity contribution in [3.63, 3.8) is 0 Å². The summed E-state index contributed by atoms with van der Waals surface area (Å²) >= 11 is 1.41. The van der Waals surface area contributed by atoms with Crippen molar-refractivity contribution in [1.82, 2.24) is 9.88 Å². The smallest absolute Gasteiger partial charge is 0.260 e. The number of amides is 1. The molecule has 0 spiro atoms. The number of anilines is 1. The lowest BCUT2D eigenvalue weighted by Gasteiger charge is -2.26. The van der Waals surface area contributed by atoms with E-state index >= 15 is 0 Å². The first-order valence-corrected chi connectivity index (χ1v) is 7.90.